The van der Waals surface area contributed by atoms with Crippen molar-refractivity contribution in [1.29, 1.82) is 0 Å². The molecule has 1 amide bonds. The van der Waals surface area contributed by atoms with E-state index >= 15 is 0 Å². The van der Waals surface area contributed by atoms with Gasteiger partial charge in [0.25, 0.3) is 0 Å². The molecule has 0 aromatic heterocycles. The Bertz CT molecular complexity index is 200. The van der Waals surface area contributed by atoms with E-state index < -0.39 is 0 Å². The lowest BCUT2D eigenvalue weighted by molar-refractivity contribution is -0.131. The highest BCUT2D eigenvalue weighted by Gasteiger charge is 2.16. The van der Waals surface area contributed by atoms with Crippen molar-refractivity contribution in [3.05, 3.63) is 0 Å². The molecule has 0 aliphatic carbocycles. The number of nitrogens with zero attached hydrogens (tertiary/aromatic N) is 1. The number of carbonyl (C=O) groups is 1. The highest BCUT2D eigenvalue weighted by atomic mass is 16.2. The number of nitrogens with one attached hydrogen (secondary N) is 1. The Balaban J connectivity index is 2.21. The molecule has 3 nitrogen and oxygen atoms in total. The van der Waals surface area contributed by atoms with Gasteiger partial charge in [-0.3, -0.25) is 4.79 Å². The van der Waals surface area contributed by atoms with Gasteiger partial charge in [0, 0.05) is 25.6 Å². The molecule has 1 N–H and O–H groups in total. The zero-order chi connectivity index (χ0) is 11.8. The summed E-state index contributed by atoms with van der Waals surface area (Å²) in [7, 11) is 0. The summed E-state index contributed by atoms with van der Waals surface area (Å²) >= 11 is 0. The maximum Gasteiger partial charge on any atom is 0.222 e. The van der Waals surface area contributed by atoms with E-state index in [0.717, 1.165) is 32.5 Å². The van der Waals surface area contributed by atoms with Crippen LogP contribution >= 0.6 is 0 Å². The molecule has 94 valence electrons. The van der Waals surface area contributed by atoms with Crippen LogP contribution in [0.15, 0.2) is 0 Å². The fourth-order valence-electron chi connectivity index (χ4n) is 2.36. The van der Waals surface area contributed by atoms with Gasteiger partial charge in [0.1, 0.15) is 0 Å². The van der Waals surface area contributed by atoms with E-state index in [1.54, 1.807) is 0 Å². The highest BCUT2D eigenvalue weighted by Crippen LogP contribution is 2.12. The minimum atomic E-state index is 0.330. The second kappa shape index (κ2) is 7.66. The normalized spacial score (nSPS) is 20.8. The van der Waals surface area contributed by atoms with Crippen molar-refractivity contribution in [3.8, 4) is 0 Å². The van der Waals surface area contributed by atoms with Gasteiger partial charge >= 0.3 is 0 Å². The summed E-state index contributed by atoms with van der Waals surface area (Å²) in [5.74, 6) is 0.330. The number of rotatable bonds is 6. The first-order valence-electron chi connectivity index (χ1n) is 6.79. The zero-order valence-electron chi connectivity index (χ0n) is 10.8. The van der Waals surface area contributed by atoms with Crippen molar-refractivity contribution in [1.82, 2.24) is 10.2 Å². The van der Waals surface area contributed by atoms with Crippen LogP contribution in [0.1, 0.15) is 52.4 Å². The van der Waals surface area contributed by atoms with Crippen LogP contribution in [-0.2, 0) is 4.79 Å². The molecule has 1 unspecified atom stereocenters. The van der Waals surface area contributed by atoms with Crippen LogP contribution in [0.2, 0.25) is 0 Å². The monoisotopic (exact) mass is 226 g/mol. The summed E-state index contributed by atoms with van der Waals surface area (Å²) in [6.45, 7) is 7.08. The average Bonchev–Trinajstić information content (AvgIpc) is 2.34. The van der Waals surface area contributed by atoms with Gasteiger partial charge in [0.2, 0.25) is 5.91 Å². The van der Waals surface area contributed by atoms with E-state index in [0.29, 0.717) is 18.4 Å². The van der Waals surface area contributed by atoms with Crippen LogP contribution in [0.5, 0.6) is 0 Å². The Morgan fingerprint density at radius 1 is 1.38 bits per heavy atom. The zero-order valence-corrected chi connectivity index (χ0v) is 10.8. The molecule has 3 heteroatoms. The van der Waals surface area contributed by atoms with Crippen LogP contribution in [0, 0.1) is 0 Å². The van der Waals surface area contributed by atoms with Crippen molar-refractivity contribution in [2.45, 2.75) is 58.4 Å². The number of hydrogen-bond acceptors (Lipinski definition) is 2. The third-order valence-electron chi connectivity index (χ3n) is 3.35. The molecule has 0 bridgehead atoms. The van der Waals surface area contributed by atoms with Crippen molar-refractivity contribution < 1.29 is 4.79 Å². The van der Waals surface area contributed by atoms with Gasteiger partial charge in [-0.25, -0.2) is 0 Å². The van der Waals surface area contributed by atoms with Gasteiger partial charge in [-0.05, 0) is 39.2 Å². The summed E-state index contributed by atoms with van der Waals surface area (Å²) in [6, 6.07) is 0.582. The van der Waals surface area contributed by atoms with E-state index in [1.165, 1.54) is 19.3 Å². The SMILES string of the molecule is CCCN(CC)C(=O)CCC1CCCCN1. The topological polar surface area (TPSA) is 32.3 Å². The number of hydrogen-bond donors (Lipinski definition) is 1. The summed E-state index contributed by atoms with van der Waals surface area (Å²) in [5.41, 5.74) is 0. The summed E-state index contributed by atoms with van der Waals surface area (Å²) in [4.78, 5) is 13.9. The first-order valence-corrected chi connectivity index (χ1v) is 6.79. The Labute approximate surface area is 99.6 Å². The smallest absolute Gasteiger partial charge is 0.222 e. The Morgan fingerprint density at radius 2 is 2.19 bits per heavy atom. The van der Waals surface area contributed by atoms with Gasteiger partial charge in [0.05, 0.1) is 0 Å². The lowest BCUT2D eigenvalue weighted by atomic mass is 10.0. The second-order valence-corrected chi connectivity index (χ2v) is 4.66. The van der Waals surface area contributed by atoms with Crippen LogP contribution in [0.4, 0.5) is 0 Å². The summed E-state index contributed by atoms with van der Waals surface area (Å²) in [5, 5.41) is 3.49. The fourth-order valence-corrected chi connectivity index (χ4v) is 2.36. The van der Waals surface area contributed by atoms with Crippen LogP contribution in [-0.4, -0.2) is 36.5 Å². The molecule has 1 aliphatic rings. The second-order valence-electron chi connectivity index (χ2n) is 4.66. The van der Waals surface area contributed by atoms with E-state index in [4.69, 9.17) is 0 Å². The van der Waals surface area contributed by atoms with Crippen molar-refractivity contribution in [3.63, 3.8) is 0 Å². The molecule has 1 rings (SSSR count). The fraction of sp³-hybridized carbons (Fsp3) is 0.923. The predicted octanol–water partition coefficient (Wildman–Crippen LogP) is 2.17. The minimum absolute atomic E-state index is 0.330. The van der Waals surface area contributed by atoms with E-state index in [-0.39, 0.29) is 0 Å². The predicted molar refractivity (Wildman–Crippen MR) is 67.4 cm³/mol. The standard InChI is InChI=1S/C13H26N2O/c1-3-11-15(4-2)13(16)9-8-12-7-5-6-10-14-12/h12,14H,3-11H2,1-2H3. The molecular weight excluding hydrogens is 200 g/mol. The molecule has 1 fully saturated rings. The molecule has 0 saturated carbocycles. The van der Waals surface area contributed by atoms with Crippen LogP contribution in [0.3, 0.4) is 0 Å². The molecule has 1 aliphatic heterocycles. The highest BCUT2D eigenvalue weighted by molar-refractivity contribution is 5.76. The largest absolute Gasteiger partial charge is 0.343 e. The molecule has 1 saturated heterocycles. The molecular formula is C13H26N2O. The first kappa shape index (κ1) is 13.5. The Kier molecular flexibility index (Phi) is 6.46. The van der Waals surface area contributed by atoms with E-state index in [2.05, 4.69) is 19.2 Å². The van der Waals surface area contributed by atoms with Crippen LogP contribution in [0.25, 0.3) is 0 Å². The molecule has 0 aromatic rings. The molecule has 1 heterocycles. The maximum atomic E-state index is 11.9. The lowest BCUT2D eigenvalue weighted by Crippen LogP contribution is -2.36. The number of amides is 1. The molecule has 1 atom stereocenters. The van der Waals surface area contributed by atoms with Gasteiger partial charge in [0.15, 0.2) is 0 Å². The molecule has 0 aromatic carbocycles. The van der Waals surface area contributed by atoms with Gasteiger partial charge in [-0.15, -0.1) is 0 Å². The van der Waals surface area contributed by atoms with E-state index in [1.807, 2.05) is 4.90 Å². The Hall–Kier alpha value is -0.570. The lowest BCUT2D eigenvalue weighted by Gasteiger charge is -2.25. The van der Waals surface area contributed by atoms with Crippen LogP contribution < -0.4 is 5.32 Å². The quantitative estimate of drug-likeness (QED) is 0.753. The van der Waals surface area contributed by atoms with Crippen molar-refractivity contribution >= 4 is 5.91 Å². The maximum absolute atomic E-state index is 11.9. The third kappa shape index (κ3) is 4.52. The van der Waals surface area contributed by atoms with Gasteiger partial charge in [-0.2, -0.15) is 0 Å². The molecule has 0 radical (unpaired) electrons. The third-order valence-corrected chi connectivity index (χ3v) is 3.35. The van der Waals surface area contributed by atoms with E-state index in [9.17, 15) is 4.79 Å². The number of carbonyl (C=O) groups excluding carboxylic acids is 1. The summed E-state index contributed by atoms with van der Waals surface area (Å²) in [6.07, 6.45) is 6.64. The van der Waals surface area contributed by atoms with Gasteiger partial charge in [-0.1, -0.05) is 13.3 Å². The first-order chi connectivity index (χ1) is 7.77. The van der Waals surface area contributed by atoms with Gasteiger partial charge < -0.3 is 10.2 Å². The molecule has 0 spiro atoms. The summed E-state index contributed by atoms with van der Waals surface area (Å²) < 4.78 is 0. The molecule has 16 heavy (non-hydrogen) atoms. The Morgan fingerprint density at radius 3 is 2.75 bits per heavy atom. The number of piperidine rings is 1. The minimum Gasteiger partial charge on any atom is -0.343 e. The van der Waals surface area contributed by atoms with Crippen molar-refractivity contribution in [2.24, 2.45) is 0 Å². The average molecular weight is 226 g/mol. The van der Waals surface area contributed by atoms with Crippen molar-refractivity contribution in [2.75, 3.05) is 19.6 Å².